The van der Waals surface area contributed by atoms with Crippen LogP contribution in [0.3, 0.4) is 0 Å². The summed E-state index contributed by atoms with van der Waals surface area (Å²) in [5.41, 5.74) is 0.392. The van der Waals surface area contributed by atoms with Gasteiger partial charge < -0.3 is 9.64 Å². The van der Waals surface area contributed by atoms with Gasteiger partial charge in [-0.3, -0.25) is 0 Å². The number of rotatable bonds is 6. The number of aromatic nitrogens is 5. The van der Waals surface area contributed by atoms with E-state index >= 15 is 0 Å². The van der Waals surface area contributed by atoms with Crippen molar-refractivity contribution in [1.82, 2.24) is 24.7 Å². The summed E-state index contributed by atoms with van der Waals surface area (Å²) < 4.78 is 71.6. The van der Waals surface area contributed by atoms with Crippen molar-refractivity contribution >= 4 is 17.0 Å². The van der Waals surface area contributed by atoms with Crippen molar-refractivity contribution in [1.29, 1.82) is 0 Å². The van der Waals surface area contributed by atoms with Gasteiger partial charge in [-0.1, -0.05) is 12.2 Å². The summed E-state index contributed by atoms with van der Waals surface area (Å²) in [6.45, 7) is 4.30. The number of hydrogen-bond donors (Lipinski definition) is 0. The second kappa shape index (κ2) is 8.67. The highest BCUT2D eigenvalue weighted by atomic mass is 19.4. The van der Waals surface area contributed by atoms with E-state index in [1.807, 2.05) is 4.90 Å². The first-order chi connectivity index (χ1) is 15.2. The topological polar surface area (TPSA) is 69.0 Å². The van der Waals surface area contributed by atoms with E-state index in [1.165, 1.54) is 24.5 Å². The Morgan fingerprint density at radius 3 is 2.78 bits per heavy atom. The minimum Gasteiger partial charge on any atom is -0.491 e. The zero-order valence-corrected chi connectivity index (χ0v) is 16.8. The van der Waals surface area contributed by atoms with E-state index in [-0.39, 0.29) is 23.9 Å². The van der Waals surface area contributed by atoms with Crippen LogP contribution in [0.4, 0.5) is 27.8 Å². The summed E-state index contributed by atoms with van der Waals surface area (Å²) in [5.74, 6) is -0.0578. The number of nitrogens with zero attached hydrogens (tertiary/aromatic N) is 6. The second-order valence-corrected chi connectivity index (χ2v) is 7.51. The molecular weight excluding hydrogens is 435 g/mol. The lowest BCUT2D eigenvalue weighted by Crippen LogP contribution is -2.39. The molecule has 1 aliphatic heterocycles. The average molecular weight is 454 g/mol. The number of alkyl halides is 5. The number of anilines is 1. The van der Waals surface area contributed by atoms with Gasteiger partial charge in [-0.25, -0.2) is 28.4 Å². The van der Waals surface area contributed by atoms with E-state index in [9.17, 15) is 22.0 Å². The molecule has 3 aromatic rings. The third kappa shape index (κ3) is 4.78. The molecule has 1 atom stereocenters. The van der Waals surface area contributed by atoms with Gasteiger partial charge in [-0.05, 0) is 18.6 Å². The minimum absolute atomic E-state index is 0.0171. The summed E-state index contributed by atoms with van der Waals surface area (Å²) in [6.07, 6.45) is -2.70. The number of hydrogen-bond acceptors (Lipinski definition) is 6. The van der Waals surface area contributed by atoms with Crippen LogP contribution in [-0.2, 0) is 12.7 Å². The molecule has 1 aliphatic rings. The lowest BCUT2D eigenvalue weighted by atomic mass is 9.95. The predicted molar refractivity (Wildman–Crippen MR) is 106 cm³/mol. The third-order valence-electron chi connectivity index (χ3n) is 4.95. The van der Waals surface area contributed by atoms with Crippen LogP contribution < -0.4 is 9.64 Å². The first-order valence-electron chi connectivity index (χ1n) is 9.74. The molecule has 4 rings (SSSR count). The first kappa shape index (κ1) is 21.9. The van der Waals surface area contributed by atoms with E-state index in [4.69, 9.17) is 4.74 Å². The average Bonchev–Trinajstić information content (AvgIpc) is 3.13. The quantitative estimate of drug-likeness (QED) is 0.415. The van der Waals surface area contributed by atoms with E-state index in [1.54, 1.807) is 0 Å². The number of fused-ring (bicyclic) bond motifs is 1. The molecule has 12 heteroatoms. The van der Waals surface area contributed by atoms with Gasteiger partial charge >= 0.3 is 6.18 Å². The second-order valence-electron chi connectivity index (χ2n) is 7.51. The molecular formula is C20H19F5N6O. The number of halogens is 5. The highest BCUT2D eigenvalue weighted by Gasteiger charge is 2.36. The van der Waals surface area contributed by atoms with E-state index in [2.05, 4.69) is 26.6 Å². The van der Waals surface area contributed by atoms with Gasteiger partial charge in [-0.15, -0.1) is 0 Å². The summed E-state index contributed by atoms with van der Waals surface area (Å²) >= 11 is 0. The molecule has 0 amide bonds. The lowest BCUT2D eigenvalue weighted by molar-refractivity contribution is -0.142. The molecule has 170 valence electrons. The lowest BCUT2D eigenvalue weighted by Gasteiger charge is -2.34. The summed E-state index contributed by atoms with van der Waals surface area (Å²) in [7, 11) is 0. The Hall–Kier alpha value is -3.31. The summed E-state index contributed by atoms with van der Waals surface area (Å²) in [5, 5.41) is 3.90. The van der Waals surface area contributed by atoms with Gasteiger partial charge in [0.1, 0.15) is 23.6 Å². The van der Waals surface area contributed by atoms with Crippen LogP contribution in [0, 0.1) is 5.92 Å². The van der Waals surface area contributed by atoms with Crippen molar-refractivity contribution in [3.8, 4) is 5.75 Å². The molecule has 32 heavy (non-hydrogen) atoms. The van der Waals surface area contributed by atoms with Crippen molar-refractivity contribution in [2.24, 2.45) is 5.92 Å². The van der Waals surface area contributed by atoms with E-state index in [0.29, 0.717) is 30.8 Å². The molecule has 7 nitrogen and oxygen atoms in total. The van der Waals surface area contributed by atoms with Gasteiger partial charge in [0.05, 0.1) is 19.0 Å². The van der Waals surface area contributed by atoms with Crippen LogP contribution in [0.15, 0.2) is 42.9 Å². The highest BCUT2D eigenvalue weighted by Crippen LogP contribution is 2.35. The normalized spacial score (nSPS) is 17.4. The number of pyridine rings is 1. The smallest absolute Gasteiger partial charge is 0.437 e. The fourth-order valence-electron chi connectivity index (χ4n) is 3.65. The van der Waals surface area contributed by atoms with Crippen LogP contribution in [-0.4, -0.2) is 50.9 Å². The molecule has 0 aromatic carbocycles. The van der Waals surface area contributed by atoms with Crippen LogP contribution in [0.5, 0.6) is 5.75 Å². The fourth-order valence-corrected chi connectivity index (χ4v) is 3.65. The molecule has 0 radical (unpaired) electrons. The minimum atomic E-state index is -4.62. The molecule has 1 fully saturated rings. The molecule has 0 aliphatic carbocycles. The van der Waals surface area contributed by atoms with Crippen molar-refractivity contribution < 1.29 is 26.7 Å². The molecule has 3 aromatic heterocycles. The van der Waals surface area contributed by atoms with Gasteiger partial charge in [-0.2, -0.15) is 18.3 Å². The Morgan fingerprint density at radius 2 is 2.03 bits per heavy atom. The van der Waals surface area contributed by atoms with Crippen LogP contribution in [0.2, 0.25) is 0 Å². The number of piperidine rings is 1. The molecule has 0 N–H and O–H groups in total. The van der Waals surface area contributed by atoms with E-state index < -0.39 is 24.8 Å². The monoisotopic (exact) mass is 454 g/mol. The van der Waals surface area contributed by atoms with E-state index in [0.717, 1.165) is 16.5 Å². The molecule has 0 spiro atoms. The van der Waals surface area contributed by atoms with Crippen LogP contribution >= 0.6 is 0 Å². The summed E-state index contributed by atoms with van der Waals surface area (Å²) in [6, 6.07) is 2.61. The Morgan fingerprint density at radius 1 is 1.22 bits per heavy atom. The van der Waals surface area contributed by atoms with Gasteiger partial charge in [0, 0.05) is 25.2 Å². The molecule has 0 unspecified atom stereocenters. The zero-order chi connectivity index (χ0) is 22.9. The third-order valence-corrected chi connectivity index (χ3v) is 4.95. The Labute approximate surface area is 179 Å². The van der Waals surface area contributed by atoms with Gasteiger partial charge in [0.25, 0.3) is 6.43 Å². The highest BCUT2D eigenvalue weighted by molar-refractivity contribution is 5.71. The Bertz CT molecular complexity index is 1120. The number of ether oxygens (including phenoxy) is 1. The van der Waals surface area contributed by atoms with Gasteiger partial charge in [0.2, 0.25) is 0 Å². The fraction of sp³-hybridized carbons (Fsp3) is 0.400. The molecule has 4 heterocycles. The SMILES string of the molecule is C=C1C[C@@H](COc2cccnc2C(F)(F)F)CN(c2cnc3cnn(CC(F)F)c3n2)C1. The van der Waals surface area contributed by atoms with Crippen LogP contribution in [0.25, 0.3) is 11.2 Å². The molecule has 1 saturated heterocycles. The largest absolute Gasteiger partial charge is 0.491 e. The predicted octanol–water partition coefficient (Wildman–Crippen LogP) is 3.97. The molecule has 0 bridgehead atoms. The van der Waals surface area contributed by atoms with Crippen molar-refractivity contribution in [3.63, 3.8) is 0 Å². The van der Waals surface area contributed by atoms with Crippen LogP contribution in [0.1, 0.15) is 12.1 Å². The van der Waals surface area contributed by atoms with Crippen molar-refractivity contribution in [2.45, 2.75) is 25.6 Å². The Kier molecular flexibility index (Phi) is 5.94. The molecule has 0 saturated carbocycles. The zero-order valence-electron chi connectivity index (χ0n) is 16.8. The summed E-state index contributed by atoms with van der Waals surface area (Å²) in [4.78, 5) is 13.9. The maximum absolute atomic E-state index is 13.1. The van der Waals surface area contributed by atoms with Gasteiger partial charge in [0.15, 0.2) is 11.3 Å². The standard InChI is InChI=1S/C20H19F5N6O/c1-12-5-13(11-32-15-3-2-4-26-18(15)20(23,24)25)9-30(8-12)17-7-27-14-6-28-31(10-16(21)22)19(14)29-17/h2-4,6-7,13,16H,1,5,8-11H2/t13-/m1/s1. The van der Waals surface area contributed by atoms with Crippen molar-refractivity contribution in [2.75, 3.05) is 24.6 Å². The Balaban J connectivity index is 1.50. The first-order valence-corrected chi connectivity index (χ1v) is 9.74. The maximum atomic E-state index is 13.1. The maximum Gasteiger partial charge on any atom is 0.437 e. The van der Waals surface area contributed by atoms with Crippen molar-refractivity contribution in [3.05, 3.63) is 48.6 Å².